The van der Waals surface area contributed by atoms with Gasteiger partial charge in [0, 0.05) is 5.69 Å². The Labute approximate surface area is 112 Å². The molecule has 0 aliphatic carbocycles. The fraction of sp³-hybridized carbons (Fsp3) is 0.0833. The third-order valence-corrected chi connectivity index (χ3v) is 2.82. The number of aromatic amines is 1. The molecule has 8 heteroatoms. The van der Waals surface area contributed by atoms with Crippen LogP contribution in [-0.2, 0) is 0 Å². The maximum atomic E-state index is 10.9. The highest BCUT2D eigenvalue weighted by molar-refractivity contribution is 5.66. The first-order valence-electron chi connectivity index (χ1n) is 5.72. The Bertz CT molecular complexity index is 784. The van der Waals surface area contributed by atoms with E-state index in [4.69, 9.17) is 10.5 Å². The maximum Gasteiger partial charge on any atom is 0.439 e. The third-order valence-electron chi connectivity index (χ3n) is 2.82. The highest BCUT2D eigenvalue weighted by Crippen LogP contribution is 2.24. The third kappa shape index (κ3) is 1.92. The minimum Gasteiger partial charge on any atom is -0.497 e. The lowest BCUT2D eigenvalue weighted by Gasteiger charge is -2.06. The number of rotatable bonds is 3. The maximum absolute atomic E-state index is 10.9. The molecular weight excluding hydrogens is 262 g/mol. The number of anilines is 1. The molecular formula is C12H11N5O3. The van der Waals surface area contributed by atoms with E-state index in [1.807, 2.05) is 24.3 Å². The number of nitrogens with two attached hydrogens (primary N) is 1. The molecule has 1 aromatic carbocycles. The van der Waals surface area contributed by atoms with E-state index in [2.05, 4.69) is 19.6 Å². The Morgan fingerprint density at radius 3 is 2.70 bits per heavy atom. The Hall–Kier alpha value is -3.03. The molecule has 8 nitrogen and oxygen atoms in total. The zero-order chi connectivity index (χ0) is 14.1. The molecule has 0 spiro atoms. The first kappa shape index (κ1) is 12.0. The number of aromatic nitrogens is 4. The van der Waals surface area contributed by atoms with Crippen LogP contribution in [0.2, 0.25) is 0 Å². The summed E-state index contributed by atoms with van der Waals surface area (Å²) in [5.41, 5.74) is 7.18. The number of ether oxygens (including phenoxy) is 1. The second kappa shape index (κ2) is 4.57. The monoisotopic (exact) mass is 273 g/mol. The lowest BCUT2D eigenvalue weighted by Crippen LogP contribution is -2.01. The van der Waals surface area contributed by atoms with Gasteiger partial charge in [0.15, 0.2) is 5.69 Å². The van der Waals surface area contributed by atoms with Gasteiger partial charge in [0.1, 0.15) is 17.9 Å². The quantitative estimate of drug-likeness (QED) is 0.730. The average Bonchev–Trinajstić information content (AvgIpc) is 3.05. The number of H-pyrrole nitrogens is 1. The molecule has 0 fully saturated rings. The van der Waals surface area contributed by atoms with Crippen LogP contribution in [0.3, 0.4) is 0 Å². The van der Waals surface area contributed by atoms with E-state index in [-0.39, 0.29) is 5.82 Å². The molecule has 0 bridgehead atoms. The summed E-state index contributed by atoms with van der Waals surface area (Å²) < 4.78 is 11.2. The van der Waals surface area contributed by atoms with Gasteiger partial charge < -0.3 is 10.5 Å². The average molecular weight is 273 g/mol. The lowest BCUT2D eigenvalue weighted by molar-refractivity contribution is 0.388. The minimum absolute atomic E-state index is 0.194. The topological polar surface area (TPSA) is 112 Å². The van der Waals surface area contributed by atoms with Crippen LogP contribution >= 0.6 is 0 Å². The summed E-state index contributed by atoms with van der Waals surface area (Å²) >= 11 is 0. The molecule has 3 rings (SSSR count). The van der Waals surface area contributed by atoms with Crippen molar-refractivity contribution in [3.63, 3.8) is 0 Å². The zero-order valence-corrected chi connectivity index (χ0v) is 10.5. The summed E-state index contributed by atoms with van der Waals surface area (Å²) in [6.07, 6.45) is 1.54. The summed E-state index contributed by atoms with van der Waals surface area (Å²) in [5.74, 6) is 0.631. The van der Waals surface area contributed by atoms with Crippen molar-refractivity contribution in [2.45, 2.75) is 0 Å². The van der Waals surface area contributed by atoms with E-state index in [0.717, 1.165) is 11.4 Å². The van der Waals surface area contributed by atoms with Gasteiger partial charge in [-0.3, -0.25) is 14.1 Å². The van der Waals surface area contributed by atoms with Gasteiger partial charge in [-0.15, -0.1) is 0 Å². The first-order chi connectivity index (χ1) is 9.69. The van der Waals surface area contributed by atoms with Gasteiger partial charge in [0.25, 0.3) is 0 Å². The molecule has 20 heavy (non-hydrogen) atoms. The molecule has 3 aromatic rings. The van der Waals surface area contributed by atoms with Crippen LogP contribution in [0.1, 0.15) is 0 Å². The molecule has 102 valence electrons. The van der Waals surface area contributed by atoms with E-state index >= 15 is 0 Å². The number of methoxy groups -OCH3 is 1. The van der Waals surface area contributed by atoms with Crippen molar-refractivity contribution in [2.75, 3.05) is 12.8 Å². The van der Waals surface area contributed by atoms with Crippen molar-refractivity contribution in [1.29, 1.82) is 0 Å². The lowest BCUT2D eigenvalue weighted by atomic mass is 10.3. The summed E-state index contributed by atoms with van der Waals surface area (Å²) in [7, 11) is 1.60. The van der Waals surface area contributed by atoms with Gasteiger partial charge >= 0.3 is 5.76 Å². The molecule has 0 unspecified atom stereocenters. The number of nitrogens with zero attached hydrogens (tertiary/aromatic N) is 3. The zero-order valence-electron chi connectivity index (χ0n) is 10.5. The molecule has 0 atom stereocenters. The number of benzene rings is 1. The second-order valence-electron chi connectivity index (χ2n) is 3.99. The van der Waals surface area contributed by atoms with Gasteiger partial charge in [0.05, 0.1) is 7.11 Å². The van der Waals surface area contributed by atoms with Crippen LogP contribution in [-0.4, -0.2) is 26.8 Å². The summed E-state index contributed by atoms with van der Waals surface area (Å²) in [6, 6.07) is 7.30. The van der Waals surface area contributed by atoms with Crippen molar-refractivity contribution in [1.82, 2.24) is 19.7 Å². The SMILES string of the molecule is COc1ccc(-n2cnc(-c3noc(=O)[nH]3)c2N)cc1. The van der Waals surface area contributed by atoms with Crippen LogP contribution < -0.4 is 16.2 Å². The Morgan fingerprint density at radius 2 is 2.10 bits per heavy atom. The Balaban J connectivity index is 2.03. The molecule has 0 aliphatic heterocycles. The van der Waals surface area contributed by atoms with Gasteiger partial charge in [-0.1, -0.05) is 5.16 Å². The van der Waals surface area contributed by atoms with Crippen molar-refractivity contribution in [3.8, 4) is 23.0 Å². The fourth-order valence-corrected chi connectivity index (χ4v) is 1.82. The smallest absolute Gasteiger partial charge is 0.439 e. The molecule has 2 heterocycles. The molecule has 0 saturated heterocycles. The number of imidazole rings is 1. The second-order valence-corrected chi connectivity index (χ2v) is 3.99. The Kier molecular flexibility index (Phi) is 2.75. The van der Waals surface area contributed by atoms with Crippen molar-refractivity contribution in [2.24, 2.45) is 0 Å². The summed E-state index contributed by atoms with van der Waals surface area (Å²) in [6.45, 7) is 0. The summed E-state index contributed by atoms with van der Waals surface area (Å²) in [4.78, 5) is 17.5. The number of hydrogen-bond acceptors (Lipinski definition) is 6. The molecule has 0 amide bonds. The van der Waals surface area contributed by atoms with E-state index in [0.29, 0.717) is 11.5 Å². The highest BCUT2D eigenvalue weighted by Gasteiger charge is 2.15. The summed E-state index contributed by atoms with van der Waals surface area (Å²) in [5, 5.41) is 3.56. The first-order valence-corrected chi connectivity index (χ1v) is 5.72. The predicted octanol–water partition coefficient (Wildman–Crippen LogP) is 0.806. The highest BCUT2D eigenvalue weighted by atomic mass is 16.5. The predicted molar refractivity (Wildman–Crippen MR) is 70.6 cm³/mol. The van der Waals surface area contributed by atoms with Crippen LogP contribution in [0.5, 0.6) is 5.75 Å². The minimum atomic E-state index is -0.654. The number of nitrogen functional groups attached to an aromatic ring is 1. The van der Waals surface area contributed by atoms with Crippen molar-refractivity contribution in [3.05, 3.63) is 41.1 Å². The molecule has 0 saturated carbocycles. The van der Waals surface area contributed by atoms with Gasteiger partial charge in [-0.2, -0.15) is 0 Å². The van der Waals surface area contributed by atoms with Gasteiger partial charge in [-0.25, -0.2) is 9.78 Å². The van der Waals surface area contributed by atoms with Crippen LogP contribution in [0, 0.1) is 0 Å². The molecule has 0 radical (unpaired) electrons. The van der Waals surface area contributed by atoms with Gasteiger partial charge in [-0.05, 0) is 24.3 Å². The number of hydrogen-bond donors (Lipinski definition) is 2. The van der Waals surface area contributed by atoms with Crippen LogP contribution in [0.25, 0.3) is 17.2 Å². The van der Waals surface area contributed by atoms with Crippen molar-refractivity contribution < 1.29 is 9.26 Å². The molecule has 2 aromatic heterocycles. The van der Waals surface area contributed by atoms with Gasteiger partial charge in [0.2, 0.25) is 5.82 Å². The van der Waals surface area contributed by atoms with E-state index in [9.17, 15) is 4.79 Å². The van der Waals surface area contributed by atoms with Crippen molar-refractivity contribution >= 4 is 5.82 Å². The van der Waals surface area contributed by atoms with E-state index in [1.165, 1.54) is 0 Å². The molecule has 0 aliphatic rings. The molecule has 3 N–H and O–H groups in total. The standard InChI is InChI=1S/C12H11N5O3/c1-19-8-4-2-7(3-5-8)17-6-14-9(10(17)13)11-15-12(18)20-16-11/h2-6H,13H2,1H3,(H,15,16,18). The normalized spacial score (nSPS) is 10.7. The largest absolute Gasteiger partial charge is 0.497 e. The van der Waals surface area contributed by atoms with Crippen LogP contribution in [0.15, 0.2) is 39.9 Å². The number of nitrogens with one attached hydrogen (secondary N) is 1. The van der Waals surface area contributed by atoms with E-state index < -0.39 is 5.76 Å². The Morgan fingerprint density at radius 1 is 1.35 bits per heavy atom. The fourth-order valence-electron chi connectivity index (χ4n) is 1.82. The van der Waals surface area contributed by atoms with E-state index in [1.54, 1.807) is 18.0 Å². The van der Waals surface area contributed by atoms with Crippen LogP contribution in [0.4, 0.5) is 5.82 Å².